The minimum Gasteiger partial charge on any atom is -0.326 e. The van der Waals surface area contributed by atoms with E-state index in [1.165, 1.54) is 19.1 Å². The lowest BCUT2D eigenvalue weighted by Crippen LogP contribution is -2.33. The van der Waals surface area contributed by atoms with Gasteiger partial charge in [-0.25, -0.2) is 13.1 Å². The Kier molecular flexibility index (Phi) is 7.17. The highest BCUT2D eigenvalue weighted by Gasteiger charge is 2.27. The summed E-state index contributed by atoms with van der Waals surface area (Å²) in [5, 5.41) is 5.49. The van der Waals surface area contributed by atoms with Gasteiger partial charge < -0.3 is 10.6 Å². The van der Waals surface area contributed by atoms with Crippen molar-refractivity contribution in [3.63, 3.8) is 0 Å². The fourth-order valence-corrected chi connectivity index (χ4v) is 4.66. The molecule has 1 heterocycles. The molecule has 0 aliphatic heterocycles. The molecule has 3 N–H and O–H groups in total. The van der Waals surface area contributed by atoms with E-state index < -0.39 is 10.0 Å². The predicted molar refractivity (Wildman–Crippen MR) is 114 cm³/mol. The maximum Gasteiger partial charge on any atom is 0.240 e. The first-order valence-electron chi connectivity index (χ1n) is 9.92. The molecule has 1 aliphatic rings. The Morgan fingerprint density at radius 3 is 2.30 bits per heavy atom. The quantitative estimate of drug-likeness (QED) is 0.624. The van der Waals surface area contributed by atoms with Crippen molar-refractivity contribution in [1.29, 1.82) is 0 Å². The van der Waals surface area contributed by atoms with Crippen LogP contribution in [-0.2, 0) is 19.6 Å². The topological polar surface area (TPSA) is 117 Å². The fraction of sp³-hybridized carbons (Fsp3) is 0.381. The van der Waals surface area contributed by atoms with Gasteiger partial charge in [0.1, 0.15) is 0 Å². The lowest BCUT2D eigenvalue weighted by atomic mass is 9.81. The second kappa shape index (κ2) is 9.82. The Hall–Kier alpha value is -2.78. The molecule has 1 fully saturated rings. The molecule has 1 aromatic heterocycles. The van der Waals surface area contributed by atoms with E-state index in [2.05, 4.69) is 20.3 Å². The van der Waals surface area contributed by atoms with E-state index >= 15 is 0 Å². The molecule has 1 aromatic carbocycles. The Morgan fingerprint density at radius 1 is 1.00 bits per heavy atom. The van der Waals surface area contributed by atoms with Gasteiger partial charge >= 0.3 is 0 Å². The lowest BCUT2D eigenvalue weighted by Gasteiger charge is -2.27. The number of hydrogen-bond acceptors (Lipinski definition) is 5. The molecule has 3 rings (SSSR count). The average Bonchev–Trinajstić information content (AvgIpc) is 2.73. The van der Waals surface area contributed by atoms with Crippen molar-refractivity contribution in [2.75, 3.05) is 17.2 Å². The predicted octanol–water partition coefficient (Wildman–Crippen LogP) is 2.76. The van der Waals surface area contributed by atoms with Crippen molar-refractivity contribution in [2.24, 2.45) is 11.8 Å². The fourth-order valence-electron chi connectivity index (χ4n) is 3.54. The number of benzene rings is 1. The molecule has 1 saturated carbocycles. The summed E-state index contributed by atoms with van der Waals surface area (Å²) in [6.45, 7) is 1.73. The molecule has 2 amide bonds. The SMILES string of the molecule is CC(=O)Nc1ccc(S(=O)(=O)NCC2CCC(C(=O)Nc3cccnc3)CC2)cc1. The van der Waals surface area contributed by atoms with Gasteiger partial charge in [0.2, 0.25) is 21.8 Å². The monoisotopic (exact) mass is 430 g/mol. The van der Waals surface area contributed by atoms with Gasteiger partial charge in [-0.05, 0) is 68.0 Å². The molecule has 0 radical (unpaired) electrons. The maximum absolute atomic E-state index is 12.5. The summed E-state index contributed by atoms with van der Waals surface area (Å²) in [5.41, 5.74) is 1.23. The Balaban J connectivity index is 1.46. The number of nitrogens with zero attached hydrogens (tertiary/aromatic N) is 1. The molecule has 0 saturated heterocycles. The number of nitrogens with one attached hydrogen (secondary N) is 3. The van der Waals surface area contributed by atoms with Gasteiger partial charge in [0.15, 0.2) is 0 Å². The molecule has 9 heteroatoms. The van der Waals surface area contributed by atoms with E-state index in [4.69, 9.17) is 0 Å². The van der Waals surface area contributed by atoms with Gasteiger partial charge in [-0.15, -0.1) is 0 Å². The van der Waals surface area contributed by atoms with Crippen LogP contribution in [0.2, 0.25) is 0 Å². The second-order valence-electron chi connectivity index (χ2n) is 7.51. The van der Waals surface area contributed by atoms with E-state index in [1.54, 1.807) is 36.7 Å². The zero-order chi connectivity index (χ0) is 21.6. The van der Waals surface area contributed by atoms with Crippen LogP contribution >= 0.6 is 0 Å². The number of rotatable bonds is 7. The molecule has 30 heavy (non-hydrogen) atoms. The molecule has 0 bridgehead atoms. The summed E-state index contributed by atoms with van der Waals surface area (Å²) in [5.74, 6) is -0.102. The first-order chi connectivity index (χ1) is 14.3. The number of carbonyl (C=O) groups is 2. The molecule has 0 spiro atoms. The van der Waals surface area contributed by atoms with Crippen molar-refractivity contribution in [2.45, 2.75) is 37.5 Å². The zero-order valence-electron chi connectivity index (χ0n) is 16.8. The van der Waals surface area contributed by atoms with Gasteiger partial charge in [-0.2, -0.15) is 0 Å². The van der Waals surface area contributed by atoms with Crippen LogP contribution in [0.1, 0.15) is 32.6 Å². The van der Waals surface area contributed by atoms with Crippen LogP contribution in [0.15, 0.2) is 53.7 Å². The summed E-state index contributed by atoms with van der Waals surface area (Å²) < 4.78 is 27.7. The van der Waals surface area contributed by atoms with Crippen molar-refractivity contribution in [3.8, 4) is 0 Å². The van der Waals surface area contributed by atoms with Crippen molar-refractivity contribution >= 4 is 33.2 Å². The number of pyridine rings is 1. The summed E-state index contributed by atoms with van der Waals surface area (Å²) in [6, 6.07) is 9.62. The summed E-state index contributed by atoms with van der Waals surface area (Å²) in [4.78, 5) is 27.6. The molecular formula is C21H26N4O4S. The lowest BCUT2D eigenvalue weighted by molar-refractivity contribution is -0.121. The third-order valence-corrected chi connectivity index (χ3v) is 6.63. The van der Waals surface area contributed by atoms with Crippen molar-refractivity contribution in [3.05, 3.63) is 48.8 Å². The molecule has 0 unspecified atom stereocenters. The second-order valence-corrected chi connectivity index (χ2v) is 9.27. The van der Waals surface area contributed by atoms with Crippen LogP contribution in [0, 0.1) is 11.8 Å². The summed E-state index contributed by atoms with van der Waals surface area (Å²) in [6.07, 6.45) is 6.29. The van der Waals surface area contributed by atoms with Gasteiger partial charge in [0, 0.05) is 31.3 Å². The van der Waals surface area contributed by atoms with Gasteiger partial charge in [0.25, 0.3) is 0 Å². The van der Waals surface area contributed by atoms with Crippen molar-refractivity contribution < 1.29 is 18.0 Å². The number of carbonyl (C=O) groups excluding carboxylic acids is 2. The number of amides is 2. The third kappa shape index (κ3) is 6.11. The molecule has 1 aliphatic carbocycles. The van der Waals surface area contributed by atoms with Crippen LogP contribution in [0.4, 0.5) is 11.4 Å². The van der Waals surface area contributed by atoms with Crippen LogP contribution < -0.4 is 15.4 Å². The van der Waals surface area contributed by atoms with Crippen LogP contribution in [0.3, 0.4) is 0 Å². The van der Waals surface area contributed by atoms with E-state index in [1.807, 2.05) is 0 Å². The van der Waals surface area contributed by atoms with Crippen molar-refractivity contribution in [1.82, 2.24) is 9.71 Å². The molecule has 2 aromatic rings. The summed E-state index contributed by atoms with van der Waals surface area (Å²) in [7, 11) is -3.62. The van der Waals surface area contributed by atoms with E-state index in [-0.39, 0.29) is 28.5 Å². The maximum atomic E-state index is 12.5. The van der Waals surface area contributed by atoms with Crippen LogP contribution in [0.25, 0.3) is 0 Å². The number of anilines is 2. The highest BCUT2D eigenvalue weighted by molar-refractivity contribution is 7.89. The first kappa shape index (κ1) is 21.9. The minimum absolute atomic E-state index is 0.0127. The zero-order valence-corrected chi connectivity index (χ0v) is 17.6. The Bertz CT molecular complexity index is 970. The molecule has 8 nitrogen and oxygen atoms in total. The minimum atomic E-state index is -3.62. The normalized spacial score (nSPS) is 19.1. The summed E-state index contributed by atoms with van der Waals surface area (Å²) >= 11 is 0. The first-order valence-corrected chi connectivity index (χ1v) is 11.4. The van der Waals surface area contributed by atoms with Gasteiger partial charge in [0.05, 0.1) is 16.8 Å². The average molecular weight is 431 g/mol. The highest BCUT2D eigenvalue weighted by atomic mass is 32.2. The molecule has 0 atom stereocenters. The smallest absolute Gasteiger partial charge is 0.240 e. The van der Waals surface area contributed by atoms with E-state index in [0.29, 0.717) is 17.9 Å². The highest BCUT2D eigenvalue weighted by Crippen LogP contribution is 2.29. The Morgan fingerprint density at radius 2 is 1.70 bits per heavy atom. The third-order valence-electron chi connectivity index (χ3n) is 5.19. The largest absolute Gasteiger partial charge is 0.326 e. The number of aromatic nitrogens is 1. The standard InChI is InChI=1S/C21H26N4O4S/c1-15(26)24-18-8-10-20(11-9-18)30(28,29)23-13-16-4-6-17(7-5-16)21(27)25-19-3-2-12-22-14-19/h2-3,8-12,14,16-17,23H,4-7,13H2,1H3,(H,24,26)(H,25,27). The Labute approximate surface area is 176 Å². The number of sulfonamides is 1. The van der Waals surface area contributed by atoms with Gasteiger partial charge in [-0.3, -0.25) is 14.6 Å². The van der Waals surface area contributed by atoms with E-state index in [9.17, 15) is 18.0 Å². The molecular weight excluding hydrogens is 404 g/mol. The number of hydrogen-bond donors (Lipinski definition) is 3. The van der Waals surface area contributed by atoms with Crippen LogP contribution in [-0.4, -0.2) is 31.8 Å². The van der Waals surface area contributed by atoms with Gasteiger partial charge in [-0.1, -0.05) is 0 Å². The molecule has 160 valence electrons. The van der Waals surface area contributed by atoms with Crippen LogP contribution in [0.5, 0.6) is 0 Å². The van der Waals surface area contributed by atoms with E-state index in [0.717, 1.165) is 25.7 Å².